The Labute approximate surface area is 232 Å². The lowest BCUT2D eigenvalue weighted by atomic mass is 9.93. The van der Waals surface area contributed by atoms with Crippen molar-refractivity contribution < 1.29 is 27.6 Å². The van der Waals surface area contributed by atoms with Crippen molar-refractivity contribution in [3.8, 4) is 22.6 Å². The summed E-state index contributed by atoms with van der Waals surface area (Å²) in [6, 6.07) is 15.0. The molecule has 3 aromatic carbocycles. The van der Waals surface area contributed by atoms with Crippen LogP contribution in [0, 0.1) is 11.6 Å². The highest BCUT2D eigenvalue weighted by atomic mass is 32.2. The van der Waals surface area contributed by atoms with Gasteiger partial charge in [0, 0.05) is 29.3 Å². The third kappa shape index (κ3) is 5.30. The van der Waals surface area contributed by atoms with Crippen LogP contribution in [0.25, 0.3) is 21.2 Å². The topological polar surface area (TPSA) is 66.8 Å². The highest BCUT2D eigenvalue weighted by Gasteiger charge is 2.32. The lowest BCUT2D eigenvalue weighted by Crippen LogP contribution is -2.40. The van der Waals surface area contributed by atoms with Crippen molar-refractivity contribution in [1.29, 1.82) is 0 Å². The molecule has 1 amide bonds. The number of methoxy groups -OCH3 is 1. The Morgan fingerprint density at radius 2 is 1.79 bits per heavy atom. The summed E-state index contributed by atoms with van der Waals surface area (Å²) in [6.07, 6.45) is 6.22. The smallest absolute Gasteiger partial charge is 0.268 e. The third-order valence-corrected chi connectivity index (χ3v) is 9.46. The van der Waals surface area contributed by atoms with Gasteiger partial charge < -0.3 is 14.7 Å². The van der Waals surface area contributed by atoms with Crippen LogP contribution < -0.4 is 4.74 Å². The van der Waals surface area contributed by atoms with Gasteiger partial charge in [-0.3, -0.25) is 9.00 Å². The van der Waals surface area contributed by atoms with Crippen molar-refractivity contribution in [2.75, 3.05) is 13.4 Å². The van der Waals surface area contributed by atoms with Gasteiger partial charge in [-0.05, 0) is 54.3 Å². The molecule has 1 aliphatic rings. The maximum absolute atomic E-state index is 14.5. The van der Waals surface area contributed by atoms with E-state index in [1.807, 2.05) is 42.5 Å². The monoisotopic (exact) mass is 569 g/mol. The fourth-order valence-electron chi connectivity index (χ4n) is 5.36. The molecule has 5 nitrogen and oxygen atoms in total. The number of hydrogen-bond donors (Lipinski definition) is 1. The third-order valence-electron chi connectivity index (χ3n) is 7.31. The number of fused-ring (bicyclic) bond motifs is 1. The van der Waals surface area contributed by atoms with Crippen molar-refractivity contribution >= 4 is 38.1 Å². The van der Waals surface area contributed by atoms with Crippen LogP contribution >= 0.6 is 11.3 Å². The van der Waals surface area contributed by atoms with E-state index in [2.05, 4.69) is 0 Å². The second-order valence-electron chi connectivity index (χ2n) is 9.71. The normalized spacial score (nSPS) is 14.9. The second-order valence-corrected chi connectivity index (χ2v) is 12.1. The number of benzene rings is 3. The molecule has 1 aliphatic carbocycles. The van der Waals surface area contributed by atoms with Crippen LogP contribution in [0.5, 0.6) is 11.5 Å². The largest absolute Gasteiger partial charge is 0.505 e. The molecule has 39 heavy (non-hydrogen) atoms. The molecule has 204 valence electrons. The van der Waals surface area contributed by atoms with Gasteiger partial charge in [-0.1, -0.05) is 43.5 Å². The fourth-order valence-corrected chi connectivity index (χ4v) is 7.20. The second kappa shape index (κ2) is 11.4. The Kier molecular flexibility index (Phi) is 8.00. The summed E-state index contributed by atoms with van der Waals surface area (Å²) in [5.41, 5.74) is 2.40. The minimum atomic E-state index is -1.20. The lowest BCUT2D eigenvalue weighted by Gasteiger charge is -2.34. The quantitative estimate of drug-likeness (QED) is 0.254. The first-order valence-corrected chi connectivity index (χ1v) is 15.2. The molecule has 0 radical (unpaired) electrons. The van der Waals surface area contributed by atoms with E-state index < -0.39 is 34.1 Å². The minimum Gasteiger partial charge on any atom is -0.505 e. The number of halogens is 2. The summed E-state index contributed by atoms with van der Waals surface area (Å²) in [7, 11) is 0.360. The van der Waals surface area contributed by atoms with Gasteiger partial charge in [0.05, 0.1) is 28.0 Å². The summed E-state index contributed by atoms with van der Waals surface area (Å²) in [6.45, 7) is 0.177. The maximum atomic E-state index is 14.5. The Morgan fingerprint density at radius 3 is 2.49 bits per heavy atom. The molecule has 0 bridgehead atoms. The summed E-state index contributed by atoms with van der Waals surface area (Å²) in [5.74, 6) is -1.87. The van der Waals surface area contributed by atoms with E-state index in [4.69, 9.17) is 4.74 Å². The standard InChI is InChI=1S/C30H29F2NO4S2/c1-37-24-15-12-18(21-10-6-7-11-25(21)39(2)36)16-19(24)17-33(20-8-4-3-5-9-20)30(35)29-27(34)26-22(31)13-14-23(32)28(26)38-29/h6-7,10-16,20,34H,3-5,8-9,17H2,1-2H3. The summed E-state index contributed by atoms with van der Waals surface area (Å²) in [5, 5.41) is 10.6. The number of carbonyl (C=O) groups is 1. The van der Waals surface area contributed by atoms with E-state index in [0.717, 1.165) is 72.3 Å². The molecule has 0 saturated heterocycles. The number of carbonyl (C=O) groups excluding carboxylic acids is 1. The molecule has 5 rings (SSSR count). The molecule has 1 unspecified atom stereocenters. The number of hydrogen-bond acceptors (Lipinski definition) is 5. The molecular formula is C30H29F2NO4S2. The highest BCUT2D eigenvalue weighted by Crippen LogP contribution is 2.42. The Hall–Kier alpha value is -3.30. The van der Waals surface area contributed by atoms with E-state index in [0.29, 0.717) is 10.6 Å². The van der Waals surface area contributed by atoms with Gasteiger partial charge in [0.15, 0.2) is 0 Å². The van der Waals surface area contributed by atoms with Gasteiger partial charge in [0.1, 0.15) is 28.0 Å². The molecule has 0 aliphatic heterocycles. The van der Waals surface area contributed by atoms with Gasteiger partial charge in [-0.15, -0.1) is 11.3 Å². The first-order chi connectivity index (χ1) is 18.8. The van der Waals surface area contributed by atoms with Crippen LogP contribution in [0.4, 0.5) is 8.78 Å². The maximum Gasteiger partial charge on any atom is 0.268 e. The summed E-state index contributed by atoms with van der Waals surface area (Å²) >= 11 is 0.770. The van der Waals surface area contributed by atoms with E-state index in [1.54, 1.807) is 18.3 Å². The Bertz CT molecular complexity index is 1560. The number of rotatable bonds is 7. The number of aromatic hydroxyl groups is 1. The predicted octanol–water partition coefficient (Wildman–Crippen LogP) is 7.27. The van der Waals surface area contributed by atoms with Gasteiger partial charge >= 0.3 is 0 Å². The fraction of sp³-hybridized carbons (Fsp3) is 0.300. The number of amides is 1. The molecule has 4 aromatic rings. The van der Waals surface area contributed by atoms with E-state index in [9.17, 15) is 22.9 Å². The minimum absolute atomic E-state index is 0.0804. The number of ether oxygens (including phenoxy) is 1. The predicted molar refractivity (Wildman–Crippen MR) is 151 cm³/mol. The van der Waals surface area contributed by atoms with Crippen LogP contribution in [0.15, 0.2) is 59.5 Å². The number of nitrogens with zero attached hydrogens (tertiary/aromatic N) is 1. The van der Waals surface area contributed by atoms with Gasteiger partial charge in [0.25, 0.3) is 5.91 Å². The molecular weight excluding hydrogens is 540 g/mol. The molecule has 0 spiro atoms. The van der Waals surface area contributed by atoms with Gasteiger partial charge in [-0.25, -0.2) is 8.78 Å². The average Bonchev–Trinajstić information content (AvgIpc) is 3.32. The molecule has 1 heterocycles. The SMILES string of the molecule is COc1ccc(-c2ccccc2S(C)=O)cc1CN(C(=O)c1sc2c(F)ccc(F)c2c1O)C1CCCCC1. The zero-order valence-corrected chi connectivity index (χ0v) is 23.3. The van der Waals surface area contributed by atoms with Crippen molar-refractivity contribution in [3.63, 3.8) is 0 Å². The molecule has 1 aromatic heterocycles. The Morgan fingerprint density at radius 1 is 1.08 bits per heavy atom. The highest BCUT2D eigenvalue weighted by molar-refractivity contribution is 7.84. The van der Waals surface area contributed by atoms with Crippen LogP contribution in [0.2, 0.25) is 0 Å². The van der Waals surface area contributed by atoms with Crippen LogP contribution in [-0.2, 0) is 17.3 Å². The molecule has 1 saturated carbocycles. The summed E-state index contributed by atoms with van der Waals surface area (Å²) in [4.78, 5) is 16.3. The van der Waals surface area contributed by atoms with Gasteiger partial charge in [0.2, 0.25) is 0 Å². The van der Waals surface area contributed by atoms with Crippen LogP contribution in [0.1, 0.15) is 47.3 Å². The number of thiophene rings is 1. The Balaban J connectivity index is 1.59. The molecule has 1 N–H and O–H groups in total. The van der Waals surface area contributed by atoms with Crippen molar-refractivity contribution in [2.45, 2.75) is 49.6 Å². The first kappa shape index (κ1) is 27.3. The molecule has 9 heteroatoms. The zero-order valence-electron chi connectivity index (χ0n) is 21.7. The first-order valence-electron chi connectivity index (χ1n) is 12.8. The average molecular weight is 570 g/mol. The van der Waals surface area contributed by atoms with E-state index >= 15 is 0 Å². The van der Waals surface area contributed by atoms with Crippen LogP contribution in [-0.4, -0.2) is 39.5 Å². The zero-order chi connectivity index (χ0) is 27.7. The van der Waals surface area contributed by atoms with Crippen molar-refractivity contribution in [3.05, 3.63) is 76.7 Å². The molecule has 1 fully saturated rings. The summed E-state index contributed by atoms with van der Waals surface area (Å²) < 4.78 is 47.0. The van der Waals surface area contributed by atoms with Gasteiger partial charge in [-0.2, -0.15) is 0 Å². The lowest BCUT2D eigenvalue weighted by molar-refractivity contribution is 0.0615. The van der Waals surface area contributed by atoms with E-state index in [-0.39, 0.29) is 27.5 Å². The van der Waals surface area contributed by atoms with E-state index in [1.165, 1.54) is 0 Å². The van der Waals surface area contributed by atoms with Crippen LogP contribution in [0.3, 0.4) is 0 Å². The molecule has 1 atom stereocenters. The van der Waals surface area contributed by atoms with Crippen molar-refractivity contribution in [1.82, 2.24) is 4.90 Å². The van der Waals surface area contributed by atoms with Crippen molar-refractivity contribution in [2.24, 2.45) is 0 Å².